The van der Waals surface area contributed by atoms with Crippen LogP contribution in [-0.4, -0.2) is 19.3 Å². The highest BCUT2D eigenvalue weighted by Gasteiger charge is 2.24. The first-order chi connectivity index (χ1) is 7.85. The van der Waals surface area contributed by atoms with E-state index in [2.05, 4.69) is 38.1 Å². The summed E-state index contributed by atoms with van der Waals surface area (Å²) in [5.41, 5.74) is 2.74. The Morgan fingerprint density at radius 3 is 2.75 bits per heavy atom. The van der Waals surface area contributed by atoms with Crippen LogP contribution < -0.4 is 0 Å². The highest BCUT2D eigenvalue weighted by atomic mass is 16.6. The van der Waals surface area contributed by atoms with E-state index in [1.54, 1.807) is 0 Å². The molecule has 0 spiro atoms. The Morgan fingerprint density at radius 1 is 1.38 bits per heavy atom. The lowest BCUT2D eigenvalue weighted by Gasteiger charge is -2.19. The molecule has 0 amide bonds. The Balaban J connectivity index is 2.04. The highest BCUT2D eigenvalue weighted by Crippen LogP contribution is 2.26. The number of ether oxygens (including phenoxy) is 2. The first-order valence-corrected chi connectivity index (χ1v) is 6.16. The van der Waals surface area contributed by atoms with Gasteiger partial charge in [0.2, 0.25) is 0 Å². The maximum absolute atomic E-state index is 5.92. The molecule has 1 aromatic rings. The van der Waals surface area contributed by atoms with Gasteiger partial charge in [-0.2, -0.15) is 0 Å². The van der Waals surface area contributed by atoms with Crippen molar-refractivity contribution in [3.05, 3.63) is 35.4 Å². The minimum absolute atomic E-state index is 0.223. The van der Waals surface area contributed by atoms with Crippen molar-refractivity contribution in [2.24, 2.45) is 0 Å². The van der Waals surface area contributed by atoms with Gasteiger partial charge in [-0.05, 0) is 24.0 Å². The van der Waals surface area contributed by atoms with Gasteiger partial charge in [0.1, 0.15) is 6.10 Å². The second-order valence-corrected chi connectivity index (χ2v) is 4.24. The molecule has 0 saturated carbocycles. The Morgan fingerprint density at radius 2 is 2.12 bits per heavy atom. The topological polar surface area (TPSA) is 21.8 Å². The van der Waals surface area contributed by atoms with Gasteiger partial charge in [0, 0.05) is 0 Å². The zero-order valence-corrected chi connectivity index (χ0v) is 10.1. The maximum atomic E-state index is 5.92. The van der Waals surface area contributed by atoms with Crippen LogP contribution in [0.2, 0.25) is 0 Å². The Bertz CT molecular complexity index is 331. The molecule has 2 nitrogen and oxygen atoms in total. The van der Waals surface area contributed by atoms with Gasteiger partial charge in [-0.15, -0.1) is 0 Å². The third kappa shape index (κ3) is 2.83. The molecule has 0 bridgehead atoms. The number of aryl methyl sites for hydroxylation is 1. The second kappa shape index (κ2) is 5.46. The van der Waals surface area contributed by atoms with Crippen molar-refractivity contribution in [3.63, 3.8) is 0 Å². The summed E-state index contributed by atoms with van der Waals surface area (Å²) in [7, 11) is 0. The molecule has 0 radical (unpaired) electrons. The van der Waals surface area contributed by atoms with Crippen LogP contribution in [0.3, 0.4) is 0 Å². The maximum Gasteiger partial charge on any atom is 0.104 e. The number of hydrogen-bond donors (Lipinski definition) is 0. The molecule has 1 saturated heterocycles. The van der Waals surface area contributed by atoms with Crippen LogP contribution in [-0.2, 0) is 15.9 Å². The summed E-state index contributed by atoms with van der Waals surface area (Å²) in [6.07, 6.45) is 2.66. The predicted octanol–water partition coefficient (Wildman–Crippen LogP) is 3.12. The van der Waals surface area contributed by atoms with Crippen molar-refractivity contribution in [1.82, 2.24) is 0 Å². The largest absolute Gasteiger partial charge is 0.371 e. The minimum atomic E-state index is 0.223. The molecule has 0 aromatic heterocycles. The number of hydrogen-bond acceptors (Lipinski definition) is 2. The SMILES string of the molecule is CCc1ccccc1C(CC)OCC1CO1. The molecule has 1 aliphatic rings. The molecule has 2 atom stereocenters. The van der Waals surface area contributed by atoms with E-state index in [0.717, 1.165) is 26.1 Å². The van der Waals surface area contributed by atoms with Crippen molar-refractivity contribution < 1.29 is 9.47 Å². The first-order valence-electron chi connectivity index (χ1n) is 6.16. The van der Waals surface area contributed by atoms with E-state index in [4.69, 9.17) is 9.47 Å². The average Bonchev–Trinajstić information content (AvgIpc) is 3.14. The summed E-state index contributed by atoms with van der Waals surface area (Å²) in [5.74, 6) is 0. The van der Waals surface area contributed by atoms with Gasteiger partial charge in [0.25, 0.3) is 0 Å². The van der Waals surface area contributed by atoms with Gasteiger partial charge in [-0.1, -0.05) is 38.1 Å². The van der Waals surface area contributed by atoms with Crippen molar-refractivity contribution >= 4 is 0 Å². The molecule has 1 fully saturated rings. The third-order valence-corrected chi connectivity index (χ3v) is 3.04. The molecule has 2 rings (SSSR count). The van der Waals surface area contributed by atoms with Crippen molar-refractivity contribution in [2.45, 2.75) is 38.9 Å². The Hall–Kier alpha value is -0.860. The predicted molar refractivity (Wildman–Crippen MR) is 64.5 cm³/mol. The van der Waals surface area contributed by atoms with E-state index in [9.17, 15) is 0 Å². The normalized spacial score (nSPS) is 20.8. The van der Waals surface area contributed by atoms with Crippen LogP contribution in [0.15, 0.2) is 24.3 Å². The van der Waals surface area contributed by atoms with E-state index in [1.165, 1.54) is 11.1 Å². The Kier molecular flexibility index (Phi) is 3.97. The Labute approximate surface area is 97.6 Å². The van der Waals surface area contributed by atoms with E-state index in [0.29, 0.717) is 6.10 Å². The molecular formula is C14H20O2. The first kappa shape index (κ1) is 11.6. The van der Waals surface area contributed by atoms with Gasteiger partial charge in [0.05, 0.1) is 19.3 Å². The molecule has 1 aliphatic heterocycles. The third-order valence-electron chi connectivity index (χ3n) is 3.04. The molecule has 88 valence electrons. The van der Waals surface area contributed by atoms with Crippen molar-refractivity contribution in [1.29, 1.82) is 0 Å². The van der Waals surface area contributed by atoms with E-state index in [-0.39, 0.29) is 6.10 Å². The zero-order chi connectivity index (χ0) is 11.4. The molecule has 0 aliphatic carbocycles. The van der Waals surface area contributed by atoms with Crippen molar-refractivity contribution in [3.8, 4) is 0 Å². The van der Waals surface area contributed by atoms with Crippen LogP contribution >= 0.6 is 0 Å². The molecule has 0 N–H and O–H groups in total. The number of epoxide rings is 1. The van der Waals surface area contributed by atoms with Gasteiger partial charge in [0.15, 0.2) is 0 Å². The summed E-state index contributed by atoms with van der Waals surface area (Å²) < 4.78 is 11.1. The van der Waals surface area contributed by atoms with Crippen LogP contribution in [0, 0.1) is 0 Å². The van der Waals surface area contributed by atoms with Crippen LogP contribution in [0.4, 0.5) is 0 Å². The molecule has 2 unspecified atom stereocenters. The molecule has 16 heavy (non-hydrogen) atoms. The van der Waals surface area contributed by atoms with Gasteiger partial charge < -0.3 is 9.47 Å². The fourth-order valence-electron chi connectivity index (χ4n) is 1.99. The van der Waals surface area contributed by atoms with Crippen molar-refractivity contribution in [2.75, 3.05) is 13.2 Å². The number of benzene rings is 1. The second-order valence-electron chi connectivity index (χ2n) is 4.24. The monoisotopic (exact) mass is 220 g/mol. The zero-order valence-electron chi connectivity index (χ0n) is 10.1. The quantitative estimate of drug-likeness (QED) is 0.687. The molecular weight excluding hydrogens is 200 g/mol. The van der Waals surface area contributed by atoms with E-state index < -0.39 is 0 Å². The van der Waals surface area contributed by atoms with Gasteiger partial charge in [-0.3, -0.25) is 0 Å². The fourth-order valence-corrected chi connectivity index (χ4v) is 1.99. The summed E-state index contributed by atoms with van der Waals surface area (Å²) >= 11 is 0. The smallest absolute Gasteiger partial charge is 0.104 e. The van der Waals surface area contributed by atoms with E-state index >= 15 is 0 Å². The molecule has 1 aromatic carbocycles. The lowest BCUT2D eigenvalue weighted by molar-refractivity contribution is 0.0389. The van der Waals surface area contributed by atoms with Crippen LogP contribution in [0.5, 0.6) is 0 Å². The fraction of sp³-hybridized carbons (Fsp3) is 0.571. The van der Waals surface area contributed by atoms with Crippen LogP contribution in [0.1, 0.15) is 37.5 Å². The highest BCUT2D eigenvalue weighted by molar-refractivity contribution is 5.29. The molecule has 1 heterocycles. The van der Waals surface area contributed by atoms with Crippen LogP contribution in [0.25, 0.3) is 0 Å². The summed E-state index contributed by atoms with van der Waals surface area (Å²) in [6.45, 7) is 5.96. The lowest BCUT2D eigenvalue weighted by Crippen LogP contribution is -2.10. The summed E-state index contributed by atoms with van der Waals surface area (Å²) in [6, 6.07) is 8.56. The minimum Gasteiger partial charge on any atom is -0.371 e. The van der Waals surface area contributed by atoms with Gasteiger partial charge in [-0.25, -0.2) is 0 Å². The summed E-state index contributed by atoms with van der Waals surface area (Å²) in [5, 5.41) is 0. The van der Waals surface area contributed by atoms with E-state index in [1.807, 2.05) is 0 Å². The average molecular weight is 220 g/mol. The molecule has 2 heteroatoms. The summed E-state index contributed by atoms with van der Waals surface area (Å²) in [4.78, 5) is 0. The lowest BCUT2D eigenvalue weighted by atomic mass is 9.99. The number of rotatable bonds is 6. The standard InChI is InChI=1S/C14H20O2/c1-3-11-7-5-6-8-13(11)14(4-2)16-10-12-9-15-12/h5-8,12,14H,3-4,9-10H2,1-2H3. The van der Waals surface area contributed by atoms with Gasteiger partial charge >= 0.3 is 0 Å².